The van der Waals surface area contributed by atoms with Crippen molar-refractivity contribution in [2.24, 2.45) is 0 Å². The Labute approximate surface area is 97.5 Å². The van der Waals surface area contributed by atoms with E-state index in [9.17, 15) is 0 Å². The first-order valence-corrected chi connectivity index (χ1v) is 6.92. The first-order valence-electron chi connectivity index (χ1n) is 5.21. The molecule has 0 heterocycles. The maximum absolute atomic E-state index is 2.26. The Bertz CT molecular complexity index is 420. The van der Waals surface area contributed by atoms with Gasteiger partial charge in [-0.25, -0.2) is 0 Å². The molecule has 0 radical (unpaired) electrons. The summed E-state index contributed by atoms with van der Waals surface area (Å²) in [6.45, 7) is 2.22. The van der Waals surface area contributed by atoms with Crippen LogP contribution in [0.2, 0.25) is 0 Å². The summed E-state index contributed by atoms with van der Waals surface area (Å²) in [6.07, 6.45) is 1.13. The van der Waals surface area contributed by atoms with Gasteiger partial charge >= 0.3 is 97.4 Å². The van der Waals surface area contributed by atoms with E-state index in [1.54, 1.807) is 0 Å². The van der Waals surface area contributed by atoms with E-state index >= 15 is 0 Å². The van der Waals surface area contributed by atoms with E-state index in [0.29, 0.717) is 15.0 Å². The van der Waals surface area contributed by atoms with Crippen molar-refractivity contribution in [3.63, 3.8) is 0 Å². The van der Waals surface area contributed by atoms with E-state index in [-0.39, 0.29) is 0 Å². The van der Waals surface area contributed by atoms with Gasteiger partial charge < -0.3 is 0 Å². The number of hydrogen-bond donors (Lipinski definition) is 0. The third-order valence-electron chi connectivity index (χ3n) is 2.32. The van der Waals surface area contributed by atoms with Gasteiger partial charge in [-0.15, -0.1) is 0 Å². The van der Waals surface area contributed by atoms with Crippen LogP contribution in [0.3, 0.4) is 0 Å². The predicted molar refractivity (Wildman–Crippen MR) is 67.3 cm³/mol. The van der Waals surface area contributed by atoms with Crippen LogP contribution in [-0.4, -0.2) is 15.0 Å². The fourth-order valence-corrected chi connectivity index (χ4v) is 3.69. The molecule has 0 unspecified atom stereocenters. The summed E-state index contributed by atoms with van der Waals surface area (Å²) < 4.78 is 2.96. The van der Waals surface area contributed by atoms with Crippen LogP contribution >= 0.6 is 0 Å². The molecule has 0 spiro atoms. The Balaban J connectivity index is 2.24. The van der Waals surface area contributed by atoms with Gasteiger partial charge in [0.15, 0.2) is 0 Å². The van der Waals surface area contributed by atoms with Gasteiger partial charge in [0.1, 0.15) is 0 Å². The Hall–Kier alpha value is -1.04. The van der Waals surface area contributed by atoms with Crippen LogP contribution in [0.4, 0.5) is 0 Å². The molecular formula is C14H14Se. The number of rotatable bonds is 3. The topological polar surface area (TPSA) is 0 Å². The van der Waals surface area contributed by atoms with Gasteiger partial charge in [-0.05, 0) is 0 Å². The van der Waals surface area contributed by atoms with Crippen LogP contribution in [0.1, 0.15) is 12.5 Å². The molecule has 0 aliphatic carbocycles. The van der Waals surface area contributed by atoms with Crippen molar-refractivity contribution in [2.75, 3.05) is 0 Å². The molecule has 0 bridgehead atoms. The first-order chi connectivity index (χ1) is 7.40. The minimum atomic E-state index is 0.452. The molecule has 76 valence electrons. The quantitative estimate of drug-likeness (QED) is 0.740. The van der Waals surface area contributed by atoms with Crippen molar-refractivity contribution >= 4 is 23.9 Å². The van der Waals surface area contributed by atoms with Gasteiger partial charge in [0, 0.05) is 0 Å². The average molecular weight is 261 g/mol. The molecule has 0 amide bonds. The molecule has 0 nitrogen and oxygen atoms in total. The summed E-state index contributed by atoms with van der Waals surface area (Å²) in [4.78, 5) is 0. The molecule has 1 heteroatoms. The summed E-state index contributed by atoms with van der Waals surface area (Å²) in [6, 6.07) is 19.5. The van der Waals surface area contributed by atoms with E-state index in [4.69, 9.17) is 0 Å². The van der Waals surface area contributed by atoms with Gasteiger partial charge in [0.25, 0.3) is 0 Å². The van der Waals surface area contributed by atoms with Crippen LogP contribution in [0, 0.1) is 0 Å². The summed E-state index contributed by atoms with van der Waals surface area (Å²) in [7, 11) is 0. The van der Waals surface area contributed by atoms with Gasteiger partial charge in [0.05, 0.1) is 0 Å². The average Bonchev–Trinajstić information content (AvgIpc) is 2.31. The minimum absolute atomic E-state index is 0.452. The second kappa shape index (κ2) is 5.16. The number of aryl methyl sites for hydroxylation is 1. The van der Waals surface area contributed by atoms with Crippen molar-refractivity contribution in [1.82, 2.24) is 0 Å². The zero-order valence-electron chi connectivity index (χ0n) is 8.81. The van der Waals surface area contributed by atoms with Gasteiger partial charge in [0.2, 0.25) is 0 Å². The van der Waals surface area contributed by atoms with Crippen molar-refractivity contribution in [3.05, 3.63) is 60.2 Å². The number of hydrogen-bond acceptors (Lipinski definition) is 0. The second-order valence-corrected chi connectivity index (χ2v) is 5.72. The molecule has 0 fully saturated rings. The van der Waals surface area contributed by atoms with E-state index < -0.39 is 0 Å². The molecule has 0 atom stereocenters. The number of benzene rings is 2. The maximum atomic E-state index is 2.26. The standard InChI is InChI=1S/C14H14Se/c1-2-12-8-6-7-11-14(12)15-13-9-4-3-5-10-13/h3-11H,2H2,1H3. The van der Waals surface area contributed by atoms with Crippen LogP contribution < -0.4 is 8.92 Å². The molecule has 0 N–H and O–H groups in total. The Kier molecular flexibility index (Phi) is 3.60. The predicted octanol–water partition coefficient (Wildman–Crippen LogP) is 1.90. The normalized spacial score (nSPS) is 10.2. The van der Waals surface area contributed by atoms with Crippen LogP contribution in [0.25, 0.3) is 0 Å². The van der Waals surface area contributed by atoms with E-state index in [1.165, 1.54) is 14.5 Å². The monoisotopic (exact) mass is 262 g/mol. The summed E-state index contributed by atoms with van der Waals surface area (Å²) in [5.41, 5.74) is 1.49. The zero-order chi connectivity index (χ0) is 10.5. The summed E-state index contributed by atoms with van der Waals surface area (Å²) >= 11 is 0.452. The summed E-state index contributed by atoms with van der Waals surface area (Å²) in [5.74, 6) is 0. The molecule has 0 aliphatic rings. The fraction of sp³-hybridized carbons (Fsp3) is 0.143. The Morgan fingerprint density at radius 1 is 0.867 bits per heavy atom. The zero-order valence-corrected chi connectivity index (χ0v) is 10.5. The SMILES string of the molecule is CCc1ccccc1[Se]c1ccccc1. The van der Waals surface area contributed by atoms with E-state index in [2.05, 4.69) is 61.5 Å². The molecule has 0 aromatic heterocycles. The van der Waals surface area contributed by atoms with Gasteiger partial charge in [-0.1, -0.05) is 0 Å². The third-order valence-corrected chi connectivity index (χ3v) is 4.69. The van der Waals surface area contributed by atoms with Crippen LogP contribution in [0.5, 0.6) is 0 Å². The second-order valence-electron chi connectivity index (χ2n) is 3.38. The molecule has 0 saturated heterocycles. The fourth-order valence-electron chi connectivity index (χ4n) is 1.51. The molecule has 0 saturated carbocycles. The molecule has 2 rings (SSSR count). The molecular weight excluding hydrogens is 247 g/mol. The van der Waals surface area contributed by atoms with Crippen molar-refractivity contribution in [1.29, 1.82) is 0 Å². The van der Waals surface area contributed by atoms with Crippen LogP contribution in [-0.2, 0) is 6.42 Å². The Morgan fingerprint density at radius 3 is 2.27 bits per heavy atom. The summed E-state index contributed by atoms with van der Waals surface area (Å²) in [5, 5.41) is 0. The van der Waals surface area contributed by atoms with Crippen molar-refractivity contribution < 1.29 is 0 Å². The molecule has 15 heavy (non-hydrogen) atoms. The van der Waals surface area contributed by atoms with Crippen molar-refractivity contribution in [2.45, 2.75) is 13.3 Å². The van der Waals surface area contributed by atoms with E-state index in [1.807, 2.05) is 0 Å². The van der Waals surface area contributed by atoms with Crippen molar-refractivity contribution in [3.8, 4) is 0 Å². The third kappa shape index (κ3) is 2.71. The van der Waals surface area contributed by atoms with E-state index in [0.717, 1.165) is 6.42 Å². The van der Waals surface area contributed by atoms with Gasteiger partial charge in [-0.2, -0.15) is 0 Å². The molecule has 2 aromatic carbocycles. The Morgan fingerprint density at radius 2 is 1.53 bits per heavy atom. The van der Waals surface area contributed by atoms with Crippen LogP contribution in [0.15, 0.2) is 54.6 Å². The first kappa shape index (κ1) is 10.5. The molecule has 0 aliphatic heterocycles. The van der Waals surface area contributed by atoms with Gasteiger partial charge in [-0.3, -0.25) is 0 Å². The molecule has 2 aromatic rings.